The standard InChI is InChI=1S/C19H19N5O3/c1-24-17(21-22-23-24)14-9-6-10-15(12-14)18(25)20-16(19(26)27-2)11-13-7-4-3-5-8-13/h3-10,12,16H,11H2,1-2H3,(H,20,25). The summed E-state index contributed by atoms with van der Waals surface area (Å²) in [6.07, 6.45) is 0.339. The lowest BCUT2D eigenvalue weighted by Crippen LogP contribution is -2.43. The predicted molar refractivity (Wildman–Crippen MR) is 97.7 cm³/mol. The minimum Gasteiger partial charge on any atom is -0.467 e. The van der Waals surface area contributed by atoms with Crippen LogP contribution in [0.25, 0.3) is 11.4 Å². The van der Waals surface area contributed by atoms with Gasteiger partial charge in [0.05, 0.1) is 7.11 Å². The third-order valence-corrected chi connectivity index (χ3v) is 4.08. The van der Waals surface area contributed by atoms with Crippen molar-refractivity contribution in [3.05, 3.63) is 65.7 Å². The van der Waals surface area contributed by atoms with Gasteiger partial charge >= 0.3 is 5.97 Å². The summed E-state index contributed by atoms with van der Waals surface area (Å²) in [5, 5.41) is 14.1. The van der Waals surface area contributed by atoms with Crippen molar-refractivity contribution in [2.75, 3.05) is 7.11 Å². The monoisotopic (exact) mass is 365 g/mol. The summed E-state index contributed by atoms with van der Waals surface area (Å²) in [6.45, 7) is 0. The van der Waals surface area contributed by atoms with Crippen LogP contribution in [0, 0.1) is 0 Å². The fourth-order valence-electron chi connectivity index (χ4n) is 2.70. The third kappa shape index (κ3) is 4.35. The number of hydrogen-bond donors (Lipinski definition) is 1. The van der Waals surface area contributed by atoms with E-state index in [-0.39, 0.29) is 5.91 Å². The van der Waals surface area contributed by atoms with Gasteiger partial charge in [0.1, 0.15) is 6.04 Å². The smallest absolute Gasteiger partial charge is 0.328 e. The summed E-state index contributed by atoms with van der Waals surface area (Å²) < 4.78 is 6.35. The van der Waals surface area contributed by atoms with E-state index in [2.05, 4.69) is 20.8 Å². The number of benzene rings is 2. The SMILES string of the molecule is COC(=O)C(Cc1ccccc1)NC(=O)c1cccc(-c2nnnn2C)c1. The first-order valence-corrected chi connectivity index (χ1v) is 8.34. The highest BCUT2D eigenvalue weighted by atomic mass is 16.5. The number of rotatable bonds is 6. The van der Waals surface area contributed by atoms with E-state index in [9.17, 15) is 9.59 Å². The molecule has 1 heterocycles. The molecule has 0 bridgehead atoms. The molecule has 3 rings (SSSR count). The molecular formula is C19H19N5O3. The van der Waals surface area contributed by atoms with Crippen molar-refractivity contribution < 1.29 is 14.3 Å². The van der Waals surface area contributed by atoms with Crippen molar-refractivity contribution in [3.8, 4) is 11.4 Å². The first-order valence-electron chi connectivity index (χ1n) is 8.34. The molecule has 1 atom stereocenters. The Labute approximate surface area is 156 Å². The van der Waals surface area contributed by atoms with E-state index in [1.165, 1.54) is 11.8 Å². The summed E-state index contributed by atoms with van der Waals surface area (Å²) in [5.74, 6) is -0.336. The number of aryl methyl sites for hydroxylation is 1. The number of tetrazole rings is 1. The molecule has 0 aliphatic rings. The van der Waals surface area contributed by atoms with Crippen molar-refractivity contribution in [1.82, 2.24) is 25.5 Å². The van der Waals surface area contributed by atoms with E-state index in [1.807, 2.05) is 36.4 Å². The van der Waals surface area contributed by atoms with Gasteiger partial charge in [0, 0.05) is 24.6 Å². The van der Waals surface area contributed by atoms with Gasteiger partial charge < -0.3 is 10.1 Å². The van der Waals surface area contributed by atoms with Crippen LogP contribution in [0.4, 0.5) is 0 Å². The first-order chi connectivity index (χ1) is 13.1. The number of nitrogens with one attached hydrogen (secondary N) is 1. The topological polar surface area (TPSA) is 99.0 Å². The van der Waals surface area contributed by atoms with Crippen molar-refractivity contribution in [3.63, 3.8) is 0 Å². The van der Waals surface area contributed by atoms with Crippen LogP contribution < -0.4 is 5.32 Å². The molecule has 0 aliphatic carbocycles. The second-order valence-electron chi connectivity index (χ2n) is 5.95. The lowest BCUT2D eigenvalue weighted by atomic mass is 10.0. The van der Waals surface area contributed by atoms with E-state index < -0.39 is 12.0 Å². The number of ether oxygens (including phenoxy) is 1. The summed E-state index contributed by atoms with van der Waals surface area (Å²) in [6, 6.07) is 15.5. The zero-order chi connectivity index (χ0) is 19.2. The van der Waals surface area contributed by atoms with Crippen LogP contribution >= 0.6 is 0 Å². The van der Waals surface area contributed by atoms with Gasteiger partial charge in [0.15, 0.2) is 5.82 Å². The lowest BCUT2D eigenvalue weighted by Gasteiger charge is -2.17. The number of amides is 1. The lowest BCUT2D eigenvalue weighted by molar-refractivity contribution is -0.142. The maximum atomic E-state index is 12.7. The quantitative estimate of drug-likeness (QED) is 0.663. The van der Waals surface area contributed by atoms with E-state index in [0.717, 1.165) is 5.56 Å². The van der Waals surface area contributed by atoms with Gasteiger partial charge in [-0.25, -0.2) is 9.48 Å². The van der Waals surface area contributed by atoms with Crippen LogP contribution in [0.15, 0.2) is 54.6 Å². The Balaban J connectivity index is 1.79. The Bertz CT molecular complexity index is 939. The molecular weight excluding hydrogens is 346 g/mol. The van der Waals surface area contributed by atoms with Crippen molar-refractivity contribution in [2.45, 2.75) is 12.5 Å². The summed E-state index contributed by atoms with van der Waals surface area (Å²) in [7, 11) is 3.02. The Morgan fingerprint density at radius 2 is 1.93 bits per heavy atom. The molecule has 138 valence electrons. The summed E-state index contributed by atoms with van der Waals surface area (Å²) in [5.41, 5.74) is 2.03. The number of esters is 1. The van der Waals surface area contributed by atoms with E-state index >= 15 is 0 Å². The van der Waals surface area contributed by atoms with Crippen LogP contribution in [0.3, 0.4) is 0 Å². The molecule has 0 spiro atoms. The van der Waals surface area contributed by atoms with E-state index in [0.29, 0.717) is 23.4 Å². The molecule has 8 nitrogen and oxygen atoms in total. The van der Waals surface area contributed by atoms with Gasteiger partial charge in [-0.15, -0.1) is 5.10 Å². The van der Waals surface area contributed by atoms with Gasteiger partial charge in [0.25, 0.3) is 5.91 Å². The zero-order valence-corrected chi connectivity index (χ0v) is 15.0. The van der Waals surface area contributed by atoms with Gasteiger partial charge in [-0.2, -0.15) is 0 Å². The Morgan fingerprint density at radius 1 is 1.15 bits per heavy atom. The van der Waals surface area contributed by atoms with Crippen LogP contribution in [0.5, 0.6) is 0 Å². The number of methoxy groups -OCH3 is 1. The number of carbonyl (C=O) groups is 2. The molecule has 0 fully saturated rings. The van der Waals surface area contributed by atoms with Crippen LogP contribution in [0.2, 0.25) is 0 Å². The van der Waals surface area contributed by atoms with Gasteiger partial charge in [-0.3, -0.25) is 4.79 Å². The van der Waals surface area contributed by atoms with Crippen molar-refractivity contribution in [1.29, 1.82) is 0 Å². The molecule has 2 aromatic carbocycles. The molecule has 1 amide bonds. The number of hydrogen-bond acceptors (Lipinski definition) is 6. The van der Waals surface area contributed by atoms with Gasteiger partial charge in [-0.1, -0.05) is 42.5 Å². The largest absolute Gasteiger partial charge is 0.467 e. The Hall–Kier alpha value is -3.55. The van der Waals surface area contributed by atoms with Crippen LogP contribution in [-0.4, -0.2) is 45.2 Å². The molecule has 0 aliphatic heterocycles. The minimum atomic E-state index is -0.787. The predicted octanol–water partition coefficient (Wildman–Crippen LogP) is 1.39. The molecule has 8 heteroatoms. The van der Waals surface area contributed by atoms with Gasteiger partial charge in [0.2, 0.25) is 0 Å². The molecule has 1 aromatic heterocycles. The first kappa shape index (κ1) is 18.2. The average molecular weight is 365 g/mol. The third-order valence-electron chi connectivity index (χ3n) is 4.08. The maximum absolute atomic E-state index is 12.7. The Kier molecular flexibility index (Phi) is 5.55. The molecule has 3 aromatic rings. The van der Waals surface area contributed by atoms with Gasteiger partial charge in [-0.05, 0) is 28.1 Å². The highest BCUT2D eigenvalue weighted by Crippen LogP contribution is 2.17. The molecule has 1 N–H and O–H groups in total. The van der Waals surface area contributed by atoms with Crippen LogP contribution in [-0.2, 0) is 23.0 Å². The highest BCUT2D eigenvalue weighted by molar-refractivity contribution is 5.97. The van der Waals surface area contributed by atoms with E-state index in [1.54, 1.807) is 25.2 Å². The Morgan fingerprint density at radius 3 is 2.59 bits per heavy atom. The minimum absolute atomic E-state index is 0.339. The van der Waals surface area contributed by atoms with Crippen LogP contribution in [0.1, 0.15) is 15.9 Å². The normalized spacial score (nSPS) is 11.6. The second kappa shape index (κ2) is 8.22. The fourth-order valence-corrected chi connectivity index (χ4v) is 2.70. The molecule has 0 saturated heterocycles. The average Bonchev–Trinajstić information content (AvgIpc) is 3.13. The molecule has 27 heavy (non-hydrogen) atoms. The summed E-state index contributed by atoms with van der Waals surface area (Å²) in [4.78, 5) is 24.8. The molecule has 1 unspecified atom stereocenters. The second-order valence-corrected chi connectivity index (χ2v) is 5.95. The zero-order valence-electron chi connectivity index (χ0n) is 15.0. The fraction of sp³-hybridized carbons (Fsp3) is 0.211. The van der Waals surface area contributed by atoms with Crippen molar-refractivity contribution >= 4 is 11.9 Å². The number of nitrogens with zero attached hydrogens (tertiary/aromatic N) is 4. The number of aromatic nitrogens is 4. The highest BCUT2D eigenvalue weighted by Gasteiger charge is 2.23. The molecule has 0 saturated carbocycles. The summed E-state index contributed by atoms with van der Waals surface area (Å²) >= 11 is 0. The number of carbonyl (C=O) groups excluding carboxylic acids is 2. The van der Waals surface area contributed by atoms with Crippen molar-refractivity contribution in [2.24, 2.45) is 7.05 Å². The molecule has 0 radical (unpaired) electrons. The van der Waals surface area contributed by atoms with E-state index in [4.69, 9.17) is 4.74 Å². The maximum Gasteiger partial charge on any atom is 0.328 e.